The molecule has 1 saturated heterocycles. The number of thiocarbonyl (C=S) groups is 1. The highest BCUT2D eigenvalue weighted by atomic mass is 32.1. The van der Waals surface area contributed by atoms with Crippen molar-refractivity contribution in [1.82, 2.24) is 9.88 Å². The first kappa shape index (κ1) is 18.6. The molecule has 1 fully saturated rings. The van der Waals surface area contributed by atoms with Gasteiger partial charge in [0.2, 0.25) is 0 Å². The maximum Gasteiger partial charge on any atom is 0.173 e. The van der Waals surface area contributed by atoms with Gasteiger partial charge in [0.15, 0.2) is 5.11 Å². The summed E-state index contributed by atoms with van der Waals surface area (Å²) in [6.07, 6.45) is 6.01. The van der Waals surface area contributed by atoms with E-state index in [9.17, 15) is 0 Å². The second-order valence-corrected chi connectivity index (χ2v) is 6.89. The van der Waals surface area contributed by atoms with E-state index >= 15 is 0 Å². The van der Waals surface area contributed by atoms with Crippen LogP contribution in [0.3, 0.4) is 0 Å². The minimum Gasteiger partial charge on any atom is -0.495 e. The van der Waals surface area contributed by atoms with Crippen LogP contribution in [0, 0.1) is 6.92 Å². The number of methoxy groups -OCH3 is 1. The van der Waals surface area contributed by atoms with E-state index < -0.39 is 0 Å². The van der Waals surface area contributed by atoms with Crippen LogP contribution in [0.5, 0.6) is 5.75 Å². The van der Waals surface area contributed by atoms with Crippen molar-refractivity contribution >= 4 is 23.0 Å². The zero-order valence-electron chi connectivity index (χ0n) is 15.3. The van der Waals surface area contributed by atoms with Gasteiger partial charge in [0.05, 0.1) is 18.9 Å². The molecule has 1 aliphatic heterocycles. The Morgan fingerprint density at radius 2 is 2.15 bits per heavy atom. The van der Waals surface area contributed by atoms with E-state index in [2.05, 4.69) is 22.1 Å². The Hall–Kier alpha value is -2.18. The van der Waals surface area contributed by atoms with Crippen molar-refractivity contribution in [2.75, 3.05) is 25.6 Å². The fourth-order valence-electron chi connectivity index (χ4n) is 3.08. The molecule has 1 atom stereocenters. The zero-order chi connectivity index (χ0) is 18.4. The fraction of sp³-hybridized carbons (Fsp3) is 0.400. The second kappa shape index (κ2) is 8.96. The number of nitrogens with one attached hydrogen (secondary N) is 1. The maximum absolute atomic E-state index is 5.82. The monoisotopic (exact) mass is 371 g/mol. The van der Waals surface area contributed by atoms with Gasteiger partial charge in [-0.25, -0.2) is 0 Å². The van der Waals surface area contributed by atoms with Crippen molar-refractivity contribution in [2.45, 2.75) is 32.4 Å². The van der Waals surface area contributed by atoms with Gasteiger partial charge in [0.1, 0.15) is 5.75 Å². The number of pyridine rings is 1. The van der Waals surface area contributed by atoms with Gasteiger partial charge in [-0.3, -0.25) is 4.98 Å². The Labute approximate surface area is 160 Å². The van der Waals surface area contributed by atoms with Gasteiger partial charge in [-0.05, 0) is 67.4 Å². The van der Waals surface area contributed by atoms with E-state index in [0.29, 0.717) is 11.7 Å². The Kier molecular flexibility index (Phi) is 6.41. The largest absolute Gasteiger partial charge is 0.495 e. The lowest BCUT2D eigenvalue weighted by Crippen LogP contribution is -2.39. The molecule has 0 aliphatic carbocycles. The SMILES string of the molecule is COc1ccc(C)cc1NC(=S)N(Cc1ccncc1)CC1CCCO1. The molecule has 2 aromatic rings. The smallest absolute Gasteiger partial charge is 0.173 e. The van der Waals surface area contributed by atoms with Gasteiger partial charge in [-0.2, -0.15) is 0 Å². The summed E-state index contributed by atoms with van der Waals surface area (Å²) >= 11 is 5.73. The topological polar surface area (TPSA) is 46.6 Å². The molecule has 0 radical (unpaired) electrons. The average Bonchev–Trinajstić information content (AvgIpc) is 3.15. The first-order chi connectivity index (χ1) is 12.7. The molecule has 1 N–H and O–H groups in total. The van der Waals surface area contributed by atoms with Crippen LogP contribution < -0.4 is 10.1 Å². The third kappa shape index (κ3) is 4.93. The highest BCUT2D eigenvalue weighted by Gasteiger charge is 2.21. The molecule has 1 aliphatic rings. The average molecular weight is 372 g/mol. The van der Waals surface area contributed by atoms with Gasteiger partial charge in [-0.1, -0.05) is 6.07 Å². The predicted molar refractivity (Wildman–Crippen MR) is 108 cm³/mol. The fourth-order valence-corrected chi connectivity index (χ4v) is 3.32. The molecule has 26 heavy (non-hydrogen) atoms. The zero-order valence-corrected chi connectivity index (χ0v) is 16.1. The first-order valence-corrected chi connectivity index (χ1v) is 9.27. The number of anilines is 1. The Balaban J connectivity index is 1.76. The molecule has 6 heteroatoms. The molecule has 5 nitrogen and oxygen atoms in total. The van der Waals surface area contributed by atoms with E-state index in [1.807, 2.05) is 30.3 Å². The van der Waals surface area contributed by atoms with Crippen LogP contribution in [0.1, 0.15) is 24.0 Å². The lowest BCUT2D eigenvalue weighted by molar-refractivity contribution is 0.0905. The highest BCUT2D eigenvalue weighted by molar-refractivity contribution is 7.80. The summed E-state index contributed by atoms with van der Waals surface area (Å²) < 4.78 is 11.3. The van der Waals surface area contributed by atoms with Crippen molar-refractivity contribution in [3.05, 3.63) is 53.9 Å². The lowest BCUT2D eigenvalue weighted by Gasteiger charge is -2.28. The van der Waals surface area contributed by atoms with Crippen molar-refractivity contribution in [1.29, 1.82) is 0 Å². The van der Waals surface area contributed by atoms with Crippen LogP contribution in [0.25, 0.3) is 0 Å². The number of hydrogen-bond acceptors (Lipinski definition) is 4. The number of rotatable bonds is 6. The molecule has 0 spiro atoms. The molecule has 0 bridgehead atoms. The molecular formula is C20H25N3O2S. The number of nitrogens with zero attached hydrogens (tertiary/aromatic N) is 2. The molecule has 138 valence electrons. The minimum absolute atomic E-state index is 0.219. The van der Waals surface area contributed by atoms with Crippen molar-refractivity contribution in [2.24, 2.45) is 0 Å². The Morgan fingerprint density at radius 3 is 2.85 bits per heavy atom. The quantitative estimate of drug-likeness (QED) is 0.780. The van der Waals surface area contributed by atoms with Gasteiger partial charge in [-0.15, -0.1) is 0 Å². The maximum atomic E-state index is 5.82. The number of benzene rings is 1. The normalized spacial score (nSPS) is 16.3. The van der Waals surface area contributed by atoms with Crippen molar-refractivity contribution < 1.29 is 9.47 Å². The van der Waals surface area contributed by atoms with E-state index in [1.54, 1.807) is 19.5 Å². The van der Waals surface area contributed by atoms with E-state index in [0.717, 1.165) is 43.0 Å². The molecule has 1 unspecified atom stereocenters. The van der Waals surface area contributed by atoms with Crippen LogP contribution in [0.15, 0.2) is 42.7 Å². The number of ether oxygens (including phenoxy) is 2. The van der Waals surface area contributed by atoms with Crippen LogP contribution in [0.2, 0.25) is 0 Å². The summed E-state index contributed by atoms with van der Waals surface area (Å²) in [4.78, 5) is 6.25. The molecule has 1 aromatic heterocycles. The highest BCUT2D eigenvalue weighted by Crippen LogP contribution is 2.26. The molecule has 0 saturated carbocycles. The van der Waals surface area contributed by atoms with Crippen molar-refractivity contribution in [3.8, 4) is 5.75 Å². The van der Waals surface area contributed by atoms with Gasteiger partial charge < -0.3 is 19.7 Å². The van der Waals surface area contributed by atoms with Crippen LogP contribution >= 0.6 is 12.2 Å². The molecular weight excluding hydrogens is 346 g/mol. The lowest BCUT2D eigenvalue weighted by atomic mass is 10.2. The standard InChI is InChI=1S/C20H25N3O2S/c1-15-5-6-19(24-2)18(12-15)22-20(26)23(14-17-4-3-11-25-17)13-16-7-9-21-10-8-16/h5-10,12,17H,3-4,11,13-14H2,1-2H3,(H,22,26). The van der Waals surface area contributed by atoms with Crippen LogP contribution in [-0.4, -0.2) is 41.4 Å². The van der Waals surface area contributed by atoms with E-state index in [-0.39, 0.29) is 6.10 Å². The molecule has 2 heterocycles. The van der Waals surface area contributed by atoms with Gasteiger partial charge in [0.25, 0.3) is 0 Å². The molecule has 1 aromatic carbocycles. The first-order valence-electron chi connectivity index (χ1n) is 8.87. The van der Waals surface area contributed by atoms with E-state index in [1.165, 1.54) is 5.56 Å². The summed E-state index contributed by atoms with van der Waals surface area (Å²) in [5.41, 5.74) is 3.19. The summed E-state index contributed by atoms with van der Waals surface area (Å²) in [5.74, 6) is 0.777. The number of aryl methyl sites for hydroxylation is 1. The van der Waals surface area contributed by atoms with Gasteiger partial charge >= 0.3 is 0 Å². The molecule has 0 amide bonds. The van der Waals surface area contributed by atoms with Crippen molar-refractivity contribution in [3.63, 3.8) is 0 Å². The summed E-state index contributed by atoms with van der Waals surface area (Å²) in [7, 11) is 1.67. The Bertz CT molecular complexity index is 733. The minimum atomic E-state index is 0.219. The van der Waals surface area contributed by atoms with Gasteiger partial charge in [0, 0.05) is 32.1 Å². The summed E-state index contributed by atoms with van der Waals surface area (Å²) in [6.45, 7) is 4.36. The summed E-state index contributed by atoms with van der Waals surface area (Å²) in [6, 6.07) is 10.0. The summed E-state index contributed by atoms with van der Waals surface area (Å²) in [5, 5.41) is 4.03. The third-order valence-corrected chi connectivity index (χ3v) is 4.81. The van der Waals surface area contributed by atoms with Crippen LogP contribution in [-0.2, 0) is 11.3 Å². The second-order valence-electron chi connectivity index (χ2n) is 6.50. The number of hydrogen-bond donors (Lipinski definition) is 1. The number of aromatic nitrogens is 1. The Morgan fingerprint density at radius 1 is 1.35 bits per heavy atom. The van der Waals surface area contributed by atoms with E-state index in [4.69, 9.17) is 21.7 Å². The predicted octanol–water partition coefficient (Wildman–Crippen LogP) is 3.78. The molecule has 3 rings (SSSR count). The van der Waals surface area contributed by atoms with Crippen LogP contribution in [0.4, 0.5) is 5.69 Å². The third-order valence-electron chi connectivity index (χ3n) is 4.45.